The van der Waals surface area contributed by atoms with E-state index in [4.69, 9.17) is 11.6 Å². The third-order valence-corrected chi connectivity index (χ3v) is 3.65. The van der Waals surface area contributed by atoms with E-state index in [1.807, 2.05) is 6.92 Å². The van der Waals surface area contributed by atoms with Crippen LogP contribution < -0.4 is 10.7 Å². The number of nitrogens with zero attached hydrogens (tertiary/aromatic N) is 2. The molecule has 0 spiro atoms. The highest BCUT2D eigenvalue weighted by Gasteiger charge is 2.09. The van der Waals surface area contributed by atoms with Crippen LogP contribution in [0.25, 0.3) is 0 Å². The van der Waals surface area contributed by atoms with Gasteiger partial charge in [0.2, 0.25) is 0 Å². The molecule has 26 heavy (non-hydrogen) atoms. The minimum atomic E-state index is -0.563. The van der Waals surface area contributed by atoms with Gasteiger partial charge in [0, 0.05) is 28.3 Å². The fraction of sp³-hybridized carbons (Fsp3) is 0.118. The molecule has 0 heterocycles. The third-order valence-electron chi connectivity index (χ3n) is 3.31. The average molecular weight is 375 g/mol. The highest BCUT2D eigenvalue weighted by atomic mass is 35.5. The van der Waals surface area contributed by atoms with E-state index in [0.29, 0.717) is 5.56 Å². The van der Waals surface area contributed by atoms with Gasteiger partial charge < -0.3 is 5.32 Å². The number of hydrazone groups is 1. The number of halogens is 1. The molecule has 2 amide bonds. The molecule has 0 aliphatic heterocycles. The van der Waals surface area contributed by atoms with E-state index in [9.17, 15) is 19.7 Å². The first kappa shape index (κ1) is 19.1. The molecule has 0 bridgehead atoms. The molecule has 0 aromatic heterocycles. The molecule has 0 aliphatic carbocycles. The summed E-state index contributed by atoms with van der Waals surface area (Å²) in [5.41, 5.74) is 3.81. The molecule has 9 heteroatoms. The molecule has 2 N–H and O–H groups in total. The highest BCUT2D eigenvalue weighted by molar-refractivity contribution is 6.33. The second kappa shape index (κ2) is 8.72. The maximum absolute atomic E-state index is 11.9. The number of nitrogens with one attached hydrogen (secondary N) is 2. The first-order chi connectivity index (χ1) is 12.4. The second-order valence-electron chi connectivity index (χ2n) is 5.30. The summed E-state index contributed by atoms with van der Waals surface area (Å²) in [4.78, 5) is 33.8. The Labute approximate surface area is 154 Å². The van der Waals surface area contributed by atoms with Gasteiger partial charge in [-0.2, -0.15) is 5.10 Å². The van der Waals surface area contributed by atoms with Gasteiger partial charge in [-0.3, -0.25) is 19.7 Å². The standard InChI is InChI=1S/C17H15ClN4O4/c1-11-2-4-12(5-3-11)17(24)19-10-16(23)21-20-9-13-8-14(22(25)26)6-7-15(13)18/h2-9H,10H2,1H3,(H,19,24)(H,21,23)/b20-9-. The van der Waals surface area contributed by atoms with Crippen LogP contribution in [0.2, 0.25) is 5.02 Å². The molecule has 134 valence electrons. The number of benzene rings is 2. The Bertz CT molecular complexity index is 866. The number of aryl methyl sites for hydroxylation is 1. The van der Waals surface area contributed by atoms with E-state index in [-0.39, 0.29) is 28.7 Å². The van der Waals surface area contributed by atoms with Crippen molar-refractivity contribution in [1.82, 2.24) is 10.7 Å². The molecule has 8 nitrogen and oxygen atoms in total. The van der Waals surface area contributed by atoms with Crippen LogP contribution in [0, 0.1) is 17.0 Å². The lowest BCUT2D eigenvalue weighted by Crippen LogP contribution is -2.34. The van der Waals surface area contributed by atoms with Crippen molar-refractivity contribution >= 4 is 35.3 Å². The van der Waals surface area contributed by atoms with Crippen molar-refractivity contribution in [2.75, 3.05) is 6.54 Å². The summed E-state index contributed by atoms with van der Waals surface area (Å²) < 4.78 is 0. The SMILES string of the molecule is Cc1ccc(C(=O)NCC(=O)N/N=C\c2cc([N+](=O)[O-])ccc2Cl)cc1. The van der Waals surface area contributed by atoms with Crippen molar-refractivity contribution in [3.05, 3.63) is 74.3 Å². The molecule has 0 unspecified atom stereocenters. The van der Waals surface area contributed by atoms with Crippen LogP contribution in [0.1, 0.15) is 21.5 Å². The van der Waals surface area contributed by atoms with Crippen LogP contribution in [-0.4, -0.2) is 29.5 Å². The largest absolute Gasteiger partial charge is 0.343 e. The highest BCUT2D eigenvalue weighted by Crippen LogP contribution is 2.20. The van der Waals surface area contributed by atoms with Crippen LogP contribution in [-0.2, 0) is 4.79 Å². The minimum absolute atomic E-state index is 0.146. The van der Waals surface area contributed by atoms with Gasteiger partial charge in [0.1, 0.15) is 0 Å². The normalized spacial score (nSPS) is 10.5. The summed E-state index contributed by atoms with van der Waals surface area (Å²) in [6.45, 7) is 1.63. The summed E-state index contributed by atoms with van der Waals surface area (Å²) in [6.07, 6.45) is 1.19. The van der Waals surface area contributed by atoms with Gasteiger partial charge in [0.15, 0.2) is 0 Å². The summed E-state index contributed by atoms with van der Waals surface area (Å²) in [7, 11) is 0. The smallest absolute Gasteiger partial charge is 0.270 e. The number of nitro benzene ring substituents is 1. The topological polar surface area (TPSA) is 114 Å². The molecule has 0 saturated carbocycles. The van der Waals surface area contributed by atoms with Crippen molar-refractivity contribution in [2.24, 2.45) is 5.10 Å². The van der Waals surface area contributed by atoms with Crippen LogP contribution >= 0.6 is 11.6 Å². The van der Waals surface area contributed by atoms with E-state index < -0.39 is 10.8 Å². The van der Waals surface area contributed by atoms with Crippen molar-refractivity contribution in [1.29, 1.82) is 0 Å². The predicted molar refractivity (Wildman–Crippen MR) is 97.4 cm³/mol. The molecule has 2 rings (SSSR count). The lowest BCUT2D eigenvalue weighted by atomic mass is 10.1. The van der Waals surface area contributed by atoms with E-state index >= 15 is 0 Å². The third kappa shape index (κ3) is 5.38. The van der Waals surface area contributed by atoms with Crippen LogP contribution in [0.5, 0.6) is 0 Å². The van der Waals surface area contributed by atoms with Gasteiger partial charge in [0.25, 0.3) is 17.5 Å². The number of carbonyl (C=O) groups is 2. The number of carbonyl (C=O) groups excluding carboxylic acids is 2. The zero-order chi connectivity index (χ0) is 19.1. The quantitative estimate of drug-likeness (QED) is 0.459. The van der Waals surface area contributed by atoms with Crippen LogP contribution in [0.15, 0.2) is 47.6 Å². The minimum Gasteiger partial charge on any atom is -0.343 e. The molecule has 0 atom stereocenters. The molecule has 0 saturated heterocycles. The molecule has 0 radical (unpaired) electrons. The number of non-ortho nitro benzene ring substituents is 1. The lowest BCUT2D eigenvalue weighted by Gasteiger charge is -2.04. The Morgan fingerprint density at radius 3 is 2.58 bits per heavy atom. The fourth-order valence-electron chi connectivity index (χ4n) is 1.92. The van der Waals surface area contributed by atoms with Gasteiger partial charge in [-0.15, -0.1) is 0 Å². The number of rotatable bonds is 6. The zero-order valence-corrected chi connectivity index (χ0v) is 14.5. The van der Waals surface area contributed by atoms with Gasteiger partial charge >= 0.3 is 0 Å². The Hall–Kier alpha value is -3.26. The van der Waals surface area contributed by atoms with E-state index in [1.165, 1.54) is 24.4 Å². The maximum atomic E-state index is 11.9. The molecular weight excluding hydrogens is 360 g/mol. The van der Waals surface area contributed by atoms with Gasteiger partial charge in [-0.25, -0.2) is 5.43 Å². The maximum Gasteiger partial charge on any atom is 0.270 e. The summed E-state index contributed by atoms with van der Waals surface area (Å²) >= 11 is 5.91. The summed E-state index contributed by atoms with van der Waals surface area (Å²) in [6, 6.07) is 10.8. The molecule has 0 aliphatic rings. The zero-order valence-electron chi connectivity index (χ0n) is 13.7. The number of hydrogen-bond donors (Lipinski definition) is 2. The van der Waals surface area contributed by atoms with Gasteiger partial charge in [0.05, 0.1) is 17.7 Å². The Kier molecular flexibility index (Phi) is 6.40. The Morgan fingerprint density at radius 2 is 1.92 bits per heavy atom. The molecular formula is C17H15ClN4O4. The first-order valence-corrected chi connectivity index (χ1v) is 7.85. The Morgan fingerprint density at radius 1 is 1.23 bits per heavy atom. The van der Waals surface area contributed by atoms with E-state index in [1.54, 1.807) is 24.3 Å². The number of amides is 2. The Balaban J connectivity index is 1.87. The molecule has 2 aromatic rings. The van der Waals surface area contributed by atoms with E-state index in [0.717, 1.165) is 5.56 Å². The van der Waals surface area contributed by atoms with Crippen molar-refractivity contribution < 1.29 is 14.5 Å². The molecule has 0 fully saturated rings. The van der Waals surface area contributed by atoms with Crippen molar-refractivity contribution in [2.45, 2.75) is 6.92 Å². The number of nitro groups is 1. The predicted octanol–water partition coefficient (Wildman–Crippen LogP) is 2.44. The van der Waals surface area contributed by atoms with Gasteiger partial charge in [-0.05, 0) is 25.1 Å². The van der Waals surface area contributed by atoms with Crippen molar-refractivity contribution in [3.63, 3.8) is 0 Å². The first-order valence-electron chi connectivity index (χ1n) is 7.47. The average Bonchev–Trinajstić information content (AvgIpc) is 2.61. The monoisotopic (exact) mass is 374 g/mol. The second-order valence-corrected chi connectivity index (χ2v) is 5.71. The number of hydrogen-bond acceptors (Lipinski definition) is 5. The van der Waals surface area contributed by atoms with E-state index in [2.05, 4.69) is 15.8 Å². The van der Waals surface area contributed by atoms with Crippen LogP contribution in [0.4, 0.5) is 5.69 Å². The van der Waals surface area contributed by atoms with Crippen molar-refractivity contribution in [3.8, 4) is 0 Å². The summed E-state index contributed by atoms with van der Waals surface area (Å²) in [5.74, 6) is -0.936. The lowest BCUT2D eigenvalue weighted by molar-refractivity contribution is -0.384. The molecule has 2 aromatic carbocycles. The van der Waals surface area contributed by atoms with Crippen LogP contribution in [0.3, 0.4) is 0 Å². The fourth-order valence-corrected chi connectivity index (χ4v) is 2.09. The summed E-state index contributed by atoms with van der Waals surface area (Å²) in [5, 5.41) is 17.1. The van der Waals surface area contributed by atoms with Gasteiger partial charge in [-0.1, -0.05) is 29.3 Å².